The number of anilines is 1. The molecular formula is C30H34ClF2N5O4. The lowest BCUT2D eigenvalue weighted by atomic mass is 10.0. The fourth-order valence-electron chi connectivity index (χ4n) is 5.13. The van der Waals surface area contributed by atoms with Crippen LogP contribution in [0.1, 0.15) is 37.8 Å². The van der Waals surface area contributed by atoms with E-state index in [0.717, 1.165) is 16.5 Å². The Morgan fingerprint density at radius 2 is 1.76 bits per heavy atom. The Labute approximate surface area is 248 Å². The van der Waals surface area contributed by atoms with Crippen LogP contribution in [0.2, 0.25) is 5.02 Å². The molecule has 2 aromatic carbocycles. The molecule has 4 rings (SSSR count). The first-order valence-corrected chi connectivity index (χ1v) is 14.2. The number of piperidine rings is 1. The number of benzene rings is 2. The zero-order chi connectivity index (χ0) is 30.6. The summed E-state index contributed by atoms with van der Waals surface area (Å²) in [6.07, 6.45) is 3.18. The van der Waals surface area contributed by atoms with Crippen LogP contribution in [0.15, 0.2) is 42.6 Å². The van der Waals surface area contributed by atoms with Crippen molar-refractivity contribution < 1.29 is 28.0 Å². The van der Waals surface area contributed by atoms with Crippen LogP contribution in [-0.4, -0.2) is 89.2 Å². The van der Waals surface area contributed by atoms with Gasteiger partial charge in [0.25, 0.3) is 5.91 Å². The maximum absolute atomic E-state index is 14.3. The lowest BCUT2D eigenvalue weighted by Gasteiger charge is -2.38. The van der Waals surface area contributed by atoms with Gasteiger partial charge in [0.05, 0.1) is 16.3 Å². The van der Waals surface area contributed by atoms with Crippen LogP contribution in [0.4, 0.5) is 19.3 Å². The van der Waals surface area contributed by atoms with Gasteiger partial charge in [-0.15, -0.1) is 0 Å². The van der Waals surface area contributed by atoms with E-state index in [2.05, 4.69) is 5.32 Å². The smallest absolute Gasteiger partial charge is 0.322 e. The number of fused-ring (bicyclic) bond motifs is 1. The molecule has 0 aliphatic carbocycles. The summed E-state index contributed by atoms with van der Waals surface area (Å²) in [5.41, 5.74) is 1.01. The van der Waals surface area contributed by atoms with Gasteiger partial charge in [-0.25, -0.2) is 13.6 Å². The summed E-state index contributed by atoms with van der Waals surface area (Å²) in [5, 5.41) is 2.42. The molecule has 42 heavy (non-hydrogen) atoms. The van der Waals surface area contributed by atoms with Crippen LogP contribution < -0.4 is 5.32 Å². The van der Waals surface area contributed by atoms with Gasteiger partial charge >= 0.3 is 6.03 Å². The van der Waals surface area contributed by atoms with Gasteiger partial charge in [0.1, 0.15) is 18.2 Å². The van der Waals surface area contributed by atoms with Crippen LogP contribution in [0.5, 0.6) is 0 Å². The van der Waals surface area contributed by atoms with Gasteiger partial charge in [-0.2, -0.15) is 0 Å². The standard InChI is InChI=1S/C30H34ClF2N5O4/c1-19(2)35(3)29(41)23(22-7-5-8-24(32)27(22)31)16-36(18-39)17-26(40)37-13-11-21(12-14-37)38-15-10-20-6-4-9-25(33)28(20)34-30(38)42/h4-9,16,18-19,21H,10-15,17H2,1-3H3,(H,34,42)/b23-16-. The van der Waals surface area contributed by atoms with Crippen molar-refractivity contribution in [3.05, 3.63) is 70.4 Å². The second-order valence-corrected chi connectivity index (χ2v) is 11.1. The Kier molecular flexibility index (Phi) is 9.82. The number of nitrogens with zero attached hydrogens (tertiary/aromatic N) is 4. The van der Waals surface area contributed by atoms with Gasteiger partial charge in [-0.1, -0.05) is 35.9 Å². The van der Waals surface area contributed by atoms with E-state index in [1.54, 1.807) is 42.8 Å². The molecule has 224 valence electrons. The van der Waals surface area contributed by atoms with E-state index in [0.29, 0.717) is 45.3 Å². The SMILES string of the molecule is CC(C)N(C)C(=O)/C(=C\N(C=O)CC(=O)N1CCC(N2CCc3cccc(F)c3NC2=O)CC1)c1cccc(F)c1Cl. The summed E-state index contributed by atoms with van der Waals surface area (Å²) in [4.78, 5) is 57.1. The average Bonchev–Trinajstić information content (AvgIpc) is 3.15. The number of likely N-dealkylation sites (N-methyl/N-ethyl adjacent to an activating group) is 1. The topological polar surface area (TPSA) is 93.3 Å². The highest BCUT2D eigenvalue weighted by Gasteiger charge is 2.32. The summed E-state index contributed by atoms with van der Waals surface area (Å²) < 4.78 is 28.5. The second-order valence-electron chi connectivity index (χ2n) is 10.7. The van der Waals surface area contributed by atoms with E-state index in [1.165, 1.54) is 29.3 Å². The molecule has 9 nitrogen and oxygen atoms in total. The maximum atomic E-state index is 14.3. The van der Waals surface area contributed by atoms with Crippen molar-refractivity contribution in [2.75, 3.05) is 38.5 Å². The monoisotopic (exact) mass is 601 g/mol. The summed E-state index contributed by atoms with van der Waals surface area (Å²) in [6.45, 7) is 4.39. The number of likely N-dealkylation sites (tertiary alicyclic amines) is 1. The largest absolute Gasteiger partial charge is 0.341 e. The number of hydrogen-bond acceptors (Lipinski definition) is 4. The van der Waals surface area contributed by atoms with Crippen molar-refractivity contribution >= 4 is 47.1 Å². The fourth-order valence-corrected chi connectivity index (χ4v) is 5.35. The van der Waals surface area contributed by atoms with Crippen LogP contribution in [0, 0.1) is 11.6 Å². The maximum Gasteiger partial charge on any atom is 0.322 e. The van der Waals surface area contributed by atoms with Gasteiger partial charge in [0.15, 0.2) is 0 Å². The Morgan fingerprint density at radius 3 is 2.43 bits per heavy atom. The predicted octanol–water partition coefficient (Wildman–Crippen LogP) is 4.37. The fraction of sp³-hybridized carbons (Fsp3) is 0.400. The average molecular weight is 602 g/mol. The molecular weight excluding hydrogens is 568 g/mol. The van der Waals surface area contributed by atoms with Crippen LogP contribution >= 0.6 is 11.6 Å². The first kappa shape index (κ1) is 31.0. The van der Waals surface area contributed by atoms with E-state index in [1.807, 2.05) is 0 Å². The second kappa shape index (κ2) is 13.3. The number of amides is 5. The van der Waals surface area contributed by atoms with Gasteiger partial charge in [-0.3, -0.25) is 14.4 Å². The van der Waals surface area contributed by atoms with Crippen molar-refractivity contribution in [3.63, 3.8) is 0 Å². The quantitative estimate of drug-likeness (QED) is 0.359. The molecule has 1 N–H and O–H groups in total. The minimum absolute atomic E-state index is 0.0288. The highest BCUT2D eigenvalue weighted by molar-refractivity contribution is 6.35. The Bertz CT molecular complexity index is 1390. The van der Waals surface area contributed by atoms with Crippen molar-refractivity contribution in [1.29, 1.82) is 0 Å². The summed E-state index contributed by atoms with van der Waals surface area (Å²) in [7, 11) is 1.58. The van der Waals surface area contributed by atoms with Gasteiger partial charge in [0.2, 0.25) is 12.3 Å². The Morgan fingerprint density at radius 1 is 1.10 bits per heavy atom. The molecule has 0 spiro atoms. The zero-order valence-electron chi connectivity index (χ0n) is 23.8. The summed E-state index contributed by atoms with van der Waals surface area (Å²) in [6, 6.07) is 8.06. The van der Waals surface area contributed by atoms with Crippen molar-refractivity contribution in [1.82, 2.24) is 19.6 Å². The molecule has 2 aromatic rings. The number of para-hydroxylation sites is 1. The molecule has 1 saturated heterocycles. The number of carbonyl (C=O) groups excluding carboxylic acids is 4. The van der Waals surface area contributed by atoms with E-state index >= 15 is 0 Å². The molecule has 0 radical (unpaired) electrons. The third-order valence-corrected chi connectivity index (χ3v) is 8.17. The predicted molar refractivity (Wildman–Crippen MR) is 155 cm³/mol. The molecule has 0 bridgehead atoms. The van der Waals surface area contributed by atoms with E-state index in [-0.39, 0.29) is 52.4 Å². The molecule has 0 atom stereocenters. The highest BCUT2D eigenvalue weighted by atomic mass is 35.5. The highest BCUT2D eigenvalue weighted by Crippen LogP contribution is 2.29. The van der Waals surface area contributed by atoms with E-state index in [4.69, 9.17) is 11.6 Å². The van der Waals surface area contributed by atoms with Crippen LogP contribution in [0.3, 0.4) is 0 Å². The minimum atomic E-state index is -0.719. The molecule has 1 fully saturated rings. The van der Waals surface area contributed by atoms with Crippen LogP contribution in [-0.2, 0) is 20.8 Å². The zero-order valence-corrected chi connectivity index (χ0v) is 24.5. The number of nitrogens with one attached hydrogen (secondary N) is 1. The normalized spacial score (nSPS) is 16.1. The van der Waals surface area contributed by atoms with Gasteiger partial charge in [0, 0.05) is 50.5 Å². The van der Waals surface area contributed by atoms with E-state index < -0.39 is 17.5 Å². The van der Waals surface area contributed by atoms with Gasteiger partial charge in [-0.05, 0) is 50.8 Å². The lowest BCUT2D eigenvalue weighted by Crippen LogP contribution is -2.51. The molecule has 2 heterocycles. The lowest BCUT2D eigenvalue weighted by molar-refractivity contribution is -0.135. The number of halogens is 3. The van der Waals surface area contributed by atoms with Crippen molar-refractivity contribution in [2.24, 2.45) is 0 Å². The first-order valence-electron chi connectivity index (χ1n) is 13.8. The molecule has 0 unspecified atom stereocenters. The van der Waals surface area contributed by atoms with E-state index in [9.17, 15) is 28.0 Å². The van der Waals surface area contributed by atoms with Crippen LogP contribution in [0.25, 0.3) is 5.57 Å². The number of carbonyl (C=O) groups is 4. The number of urea groups is 1. The number of hydrogen-bond donors (Lipinski definition) is 1. The molecule has 2 aliphatic heterocycles. The third-order valence-electron chi connectivity index (χ3n) is 7.79. The first-order chi connectivity index (χ1) is 20.0. The van der Waals surface area contributed by atoms with Crippen molar-refractivity contribution in [2.45, 2.75) is 45.2 Å². The summed E-state index contributed by atoms with van der Waals surface area (Å²) in [5.74, 6) is -2.03. The third kappa shape index (κ3) is 6.73. The Hall–Kier alpha value is -3.99. The molecule has 0 saturated carbocycles. The molecule has 0 aromatic heterocycles. The molecule has 12 heteroatoms. The minimum Gasteiger partial charge on any atom is -0.341 e. The van der Waals surface area contributed by atoms with Gasteiger partial charge < -0.3 is 24.9 Å². The van der Waals surface area contributed by atoms with Crippen molar-refractivity contribution in [3.8, 4) is 0 Å². The molecule has 2 aliphatic rings. The Balaban J connectivity index is 1.44. The molecule has 5 amide bonds. The summed E-state index contributed by atoms with van der Waals surface area (Å²) >= 11 is 6.18. The number of rotatable bonds is 8.